The number of rotatable bonds is 4. The molecule has 0 spiro atoms. The Balaban J connectivity index is 3.31. The summed E-state index contributed by atoms with van der Waals surface area (Å²) in [6.45, 7) is 4.07. The van der Waals surface area contributed by atoms with E-state index in [4.69, 9.17) is 9.47 Å². The van der Waals surface area contributed by atoms with E-state index in [9.17, 15) is 5.11 Å². The second-order valence-electron chi connectivity index (χ2n) is 3.62. The molecule has 0 saturated carbocycles. The smallest absolute Gasteiger partial charge is 0.164 e. The fraction of sp³-hybridized carbons (Fsp3) is 0.500. The molecule has 0 saturated heterocycles. The van der Waals surface area contributed by atoms with Crippen molar-refractivity contribution in [2.75, 3.05) is 20.8 Å². The van der Waals surface area contributed by atoms with E-state index in [0.717, 1.165) is 16.9 Å². The second kappa shape index (κ2) is 5.03. The normalized spacial score (nSPS) is 12.3. The number of benzene rings is 1. The third-order valence-corrected chi connectivity index (χ3v) is 2.57. The summed E-state index contributed by atoms with van der Waals surface area (Å²) >= 11 is 0. The van der Waals surface area contributed by atoms with Crippen molar-refractivity contribution in [1.82, 2.24) is 0 Å². The maximum absolute atomic E-state index is 9.20. The van der Waals surface area contributed by atoms with Crippen LogP contribution < -0.4 is 9.47 Å². The quantitative estimate of drug-likeness (QED) is 0.827. The molecule has 3 heteroatoms. The van der Waals surface area contributed by atoms with Crippen LogP contribution >= 0.6 is 0 Å². The molecule has 0 heterocycles. The van der Waals surface area contributed by atoms with Crippen LogP contribution in [0.2, 0.25) is 0 Å². The van der Waals surface area contributed by atoms with E-state index >= 15 is 0 Å². The molecule has 84 valence electrons. The Kier molecular flexibility index (Phi) is 3.97. The van der Waals surface area contributed by atoms with Gasteiger partial charge in [-0.1, -0.05) is 13.0 Å². The highest BCUT2D eigenvalue weighted by Crippen LogP contribution is 2.37. The van der Waals surface area contributed by atoms with E-state index in [1.54, 1.807) is 14.2 Å². The fourth-order valence-electron chi connectivity index (χ4n) is 1.75. The van der Waals surface area contributed by atoms with E-state index in [1.165, 1.54) is 0 Å². The number of methoxy groups -OCH3 is 2. The number of aliphatic hydroxyl groups is 1. The molecule has 1 unspecified atom stereocenters. The lowest BCUT2D eigenvalue weighted by Crippen LogP contribution is -2.05. The van der Waals surface area contributed by atoms with Gasteiger partial charge < -0.3 is 14.6 Å². The van der Waals surface area contributed by atoms with E-state index in [2.05, 4.69) is 0 Å². The summed E-state index contributed by atoms with van der Waals surface area (Å²) in [5.41, 5.74) is 2.12. The van der Waals surface area contributed by atoms with Crippen LogP contribution in [0.1, 0.15) is 24.0 Å². The van der Waals surface area contributed by atoms with Gasteiger partial charge in [-0.05, 0) is 18.6 Å². The average molecular weight is 210 g/mol. The van der Waals surface area contributed by atoms with Gasteiger partial charge in [0.05, 0.1) is 14.2 Å². The standard InChI is InChI=1S/C12H18O3/c1-8-5-6-10(14-3)12(15-4)11(8)9(2)7-13/h5-6,9,13H,7H2,1-4H3. The van der Waals surface area contributed by atoms with E-state index in [1.807, 2.05) is 26.0 Å². The van der Waals surface area contributed by atoms with Gasteiger partial charge in [0.25, 0.3) is 0 Å². The first-order chi connectivity index (χ1) is 7.15. The molecule has 0 aromatic heterocycles. The number of hydrogen-bond donors (Lipinski definition) is 1. The van der Waals surface area contributed by atoms with E-state index in [0.29, 0.717) is 5.75 Å². The molecule has 0 aliphatic carbocycles. The zero-order valence-electron chi connectivity index (χ0n) is 9.70. The summed E-state index contributed by atoms with van der Waals surface area (Å²) in [6.07, 6.45) is 0. The molecule has 1 aromatic carbocycles. The molecule has 1 N–H and O–H groups in total. The minimum atomic E-state index is 0.0510. The molecule has 0 fully saturated rings. The lowest BCUT2D eigenvalue weighted by Gasteiger charge is -2.18. The van der Waals surface area contributed by atoms with Crippen LogP contribution in [0.25, 0.3) is 0 Å². The van der Waals surface area contributed by atoms with Crippen molar-refractivity contribution in [1.29, 1.82) is 0 Å². The molecule has 15 heavy (non-hydrogen) atoms. The fourth-order valence-corrected chi connectivity index (χ4v) is 1.75. The van der Waals surface area contributed by atoms with Gasteiger partial charge >= 0.3 is 0 Å². The monoisotopic (exact) mass is 210 g/mol. The van der Waals surface area contributed by atoms with Gasteiger partial charge in [-0.2, -0.15) is 0 Å². The molecule has 1 atom stereocenters. The van der Waals surface area contributed by atoms with Crippen molar-refractivity contribution in [3.05, 3.63) is 23.3 Å². The molecule has 1 rings (SSSR count). The SMILES string of the molecule is COc1ccc(C)c(C(C)CO)c1OC. The van der Waals surface area contributed by atoms with Crippen molar-refractivity contribution < 1.29 is 14.6 Å². The van der Waals surface area contributed by atoms with Gasteiger partial charge in [-0.15, -0.1) is 0 Å². The van der Waals surface area contributed by atoms with E-state index < -0.39 is 0 Å². The lowest BCUT2D eigenvalue weighted by molar-refractivity contribution is 0.267. The highest BCUT2D eigenvalue weighted by atomic mass is 16.5. The highest BCUT2D eigenvalue weighted by Gasteiger charge is 2.17. The summed E-state index contributed by atoms with van der Waals surface area (Å²) in [5.74, 6) is 1.48. The van der Waals surface area contributed by atoms with Gasteiger partial charge in [0.15, 0.2) is 11.5 Å². The Morgan fingerprint density at radius 1 is 1.27 bits per heavy atom. The molecule has 0 bridgehead atoms. The van der Waals surface area contributed by atoms with Crippen molar-refractivity contribution in [3.8, 4) is 11.5 Å². The van der Waals surface area contributed by atoms with Crippen LogP contribution in [0, 0.1) is 6.92 Å². The van der Waals surface area contributed by atoms with Gasteiger partial charge in [0.2, 0.25) is 0 Å². The van der Waals surface area contributed by atoms with E-state index in [-0.39, 0.29) is 12.5 Å². The first-order valence-electron chi connectivity index (χ1n) is 4.98. The molecule has 1 aromatic rings. The zero-order chi connectivity index (χ0) is 11.4. The Morgan fingerprint density at radius 3 is 2.40 bits per heavy atom. The Labute approximate surface area is 90.6 Å². The van der Waals surface area contributed by atoms with Crippen LogP contribution in [0.4, 0.5) is 0 Å². The van der Waals surface area contributed by atoms with Gasteiger partial charge in [-0.25, -0.2) is 0 Å². The average Bonchev–Trinajstić information content (AvgIpc) is 2.27. The molecule has 0 aliphatic heterocycles. The number of ether oxygens (including phenoxy) is 2. The molecule has 0 amide bonds. The van der Waals surface area contributed by atoms with Gasteiger partial charge in [0, 0.05) is 18.1 Å². The van der Waals surface area contributed by atoms with Crippen LogP contribution in [-0.4, -0.2) is 25.9 Å². The molecular weight excluding hydrogens is 192 g/mol. The third-order valence-electron chi connectivity index (χ3n) is 2.57. The van der Waals surface area contributed by atoms with Gasteiger partial charge in [-0.3, -0.25) is 0 Å². The highest BCUT2D eigenvalue weighted by molar-refractivity contribution is 5.52. The number of hydrogen-bond acceptors (Lipinski definition) is 3. The molecule has 0 aliphatic rings. The number of aliphatic hydroxyl groups excluding tert-OH is 1. The Bertz CT molecular complexity index is 334. The van der Waals surface area contributed by atoms with Crippen molar-refractivity contribution >= 4 is 0 Å². The largest absolute Gasteiger partial charge is 0.493 e. The Hall–Kier alpha value is -1.22. The summed E-state index contributed by atoms with van der Waals surface area (Å²) < 4.78 is 10.6. The topological polar surface area (TPSA) is 38.7 Å². The predicted molar refractivity (Wildman–Crippen MR) is 59.8 cm³/mol. The second-order valence-corrected chi connectivity index (χ2v) is 3.62. The van der Waals surface area contributed by atoms with Crippen LogP contribution in [-0.2, 0) is 0 Å². The minimum Gasteiger partial charge on any atom is -0.493 e. The first-order valence-corrected chi connectivity index (χ1v) is 4.98. The summed E-state index contributed by atoms with van der Waals surface area (Å²) in [7, 11) is 3.23. The summed E-state index contributed by atoms with van der Waals surface area (Å²) in [5, 5.41) is 9.20. The van der Waals surface area contributed by atoms with Crippen LogP contribution in [0.3, 0.4) is 0 Å². The third kappa shape index (κ3) is 2.23. The van der Waals surface area contributed by atoms with Gasteiger partial charge in [0.1, 0.15) is 0 Å². The molecule has 3 nitrogen and oxygen atoms in total. The zero-order valence-corrected chi connectivity index (χ0v) is 9.70. The molecule has 0 radical (unpaired) electrons. The predicted octanol–water partition coefficient (Wildman–Crippen LogP) is 2.11. The van der Waals surface area contributed by atoms with Crippen LogP contribution in [0.5, 0.6) is 11.5 Å². The minimum absolute atomic E-state index is 0.0510. The van der Waals surface area contributed by atoms with Crippen LogP contribution in [0.15, 0.2) is 12.1 Å². The van der Waals surface area contributed by atoms with Crippen molar-refractivity contribution in [3.63, 3.8) is 0 Å². The lowest BCUT2D eigenvalue weighted by atomic mass is 9.95. The van der Waals surface area contributed by atoms with Crippen molar-refractivity contribution in [2.24, 2.45) is 0 Å². The maximum atomic E-state index is 9.20. The summed E-state index contributed by atoms with van der Waals surface area (Å²) in [6, 6.07) is 3.85. The summed E-state index contributed by atoms with van der Waals surface area (Å²) in [4.78, 5) is 0. The first kappa shape index (κ1) is 11.9. The maximum Gasteiger partial charge on any atom is 0.164 e. The Morgan fingerprint density at radius 2 is 1.93 bits per heavy atom. The number of aryl methyl sites for hydroxylation is 1. The van der Waals surface area contributed by atoms with Crippen molar-refractivity contribution in [2.45, 2.75) is 19.8 Å². The molecular formula is C12H18O3.